The average molecular weight is 654 g/mol. The number of rotatable bonds is 9. The first-order valence-electron chi connectivity index (χ1n) is 12.6. The molecule has 0 radical (unpaired) electrons. The van der Waals surface area contributed by atoms with E-state index in [1.54, 1.807) is 18.2 Å². The van der Waals surface area contributed by atoms with Gasteiger partial charge in [-0.15, -0.1) is 0 Å². The number of allylic oxidation sites excluding steroid dienone is 2. The van der Waals surface area contributed by atoms with Crippen LogP contribution in [-0.2, 0) is 17.9 Å². The lowest BCUT2D eigenvalue weighted by Gasteiger charge is -2.33. The maximum absolute atomic E-state index is 7.04. The summed E-state index contributed by atoms with van der Waals surface area (Å²) >= 11 is 38.1. The molecule has 1 aromatic heterocycles. The second-order valence-electron chi connectivity index (χ2n) is 9.61. The highest BCUT2D eigenvalue weighted by Crippen LogP contribution is 2.39. The lowest BCUT2D eigenvalue weighted by atomic mass is 9.93. The highest BCUT2D eigenvalue weighted by molar-refractivity contribution is 6.35. The van der Waals surface area contributed by atoms with Crippen LogP contribution in [0.4, 0.5) is 0 Å². The van der Waals surface area contributed by atoms with E-state index in [1.807, 2.05) is 66.7 Å². The second-order valence-corrected chi connectivity index (χ2v) is 12.4. The number of halogens is 6. The van der Waals surface area contributed by atoms with Crippen LogP contribution in [0.5, 0.6) is 0 Å². The third-order valence-electron chi connectivity index (χ3n) is 6.87. The summed E-state index contributed by atoms with van der Waals surface area (Å²) in [5.41, 5.74) is 3.02. The molecule has 0 saturated heterocycles. The van der Waals surface area contributed by atoms with Crippen molar-refractivity contribution in [2.24, 2.45) is 5.92 Å². The molecule has 0 saturated carbocycles. The second kappa shape index (κ2) is 12.9. The van der Waals surface area contributed by atoms with Gasteiger partial charge >= 0.3 is 0 Å². The molecular weight excluding hydrogens is 629 g/mol. The largest absolute Gasteiger partial charge is 0.351 e. The van der Waals surface area contributed by atoms with Crippen molar-refractivity contribution in [3.63, 3.8) is 0 Å². The fourth-order valence-corrected chi connectivity index (χ4v) is 6.12. The Labute approximate surface area is 264 Å². The van der Waals surface area contributed by atoms with Crippen molar-refractivity contribution in [2.45, 2.75) is 30.7 Å². The minimum absolute atomic E-state index is 0.0494. The monoisotopic (exact) mass is 651 g/mol. The first kappa shape index (κ1) is 29.5. The van der Waals surface area contributed by atoms with Crippen molar-refractivity contribution < 1.29 is 9.30 Å². The summed E-state index contributed by atoms with van der Waals surface area (Å²) in [7, 11) is 0. The number of aromatic nitrogens is 2. The van der Waals surface area contributed by atoms with E-state index in [4.69, 9.17) is 74.3 Å². The van der Waals surface area contributed by atoms with E-state index in [2.05, 4.69) is 27.9 Å². The summed E-state index contributed by atoms with van der Waals surface area (Å²) in [6.45, 7) is 0.929. The van der Waals surface area contributed by atoms with Crippen LogP contribution in [-0.4, -0.2) is 9.63 Å². The molecule has 5 rings (SSSR count). The molecule has 0 N–H and O–H groups in total. The van der Waals surface area contributed by atoms with E-state index in [0.29, 0.717) is 31.7 Å². The predicted octanol–water partition coefficient (Wildman–Crippen LogP) is 9.88. The SMILES string of the molecule is ClC1=CC(Cl)(OCc2ccc(Cl)cc2Cl)C(CC[n+]2ccn(C(c3ccc(Cl)cc3)c3ccc(Cl)cc3)c2)C=C1. The van der Waals surface area contributed by atoms with Crippen LogP contribution < -0.4 is 4.57 Å². The van der Waals surface area contributed by atoms with Crippen LogP contribution in [0.25, 0.3) is 0 Å². The molecule has 40 heavy (non-hydrogen) atoms. The highest BCUT2D eigenvalue weighted by atomic mass is 35.5. The Bertz CT molecular complexity index is 1480. The van der Waals surface area contributed by atoms with E-state index in [1.165, 1.54) is 0 Å². The van der Waals surface area contributed by atoms with Crippen LogP contribution in [0, 0.1) is 5.92 Å². The van der Waals surface area contributed by atoms with Crippen LogP contribution in [0.3, 0.4) is 0 Å². The number of aryl methyl sites for hydroxylation is 1. The highest BCUT2D eigenvalue weighted by Gasteiger charge is 2.37. The molecule has 9 heteroatoms. The van der Waals surface area contributed by atoms with Gasteiger partial charge in [0.15, 0.2) is 11.1 Å². The summed E-state index contributed by atoms with van der Waals surface area (Å²) in [4.78, 5) is 0. The number of hydrogen-bond donors (Lipinski definition) is 0. The molecule has 3 aromatic carbocycles. The molecule has 1 aliphatic rings. The number of benzene rings is 3. The molecule has 0 aliphatic heterocycles. The number of alkyl halides is 1. The van der Waals surface area contributed by atoms with Gasteiger partial charge < -0.3 is 4.74 Å². The van der Waals surface area contributed by atoms with E-state index in [9.17, 15) is 0 Å². The number of hydrogen-bond acceptors (Lipinski definition) is 1. The molecule has 1 heterocycles. The Morgan fingerprint density at radius 3 is 2.10 bits per heavy atom. The van der Waals surface area contributed by atoms with Gasteiger partial charge in [0.25, 0.3) is 0 Å². The van der Waals surface area contributed by atoms with Crippen molar-refractivity contribution >= 4 is 69.6 Å². The van der Waals surface area contributed by atoms with Crippen LogP contribution in [0.2, 0.25) is 20.1 Å². The summed E-state index contributed by atoms with van der Waals surface area (Å²) in [6.07, 6.45) is 12.5. The zero-order valence-electron chi connectivity index (χ0n) is 21.2. The third-order valence-corrected chi connectivity index (χ3v) is 8.70. The molecule has 2 atom stereocenters. The molecular formula is C31H25Cl6N2O+. The van der Waals surface area contributed by atoms with Gasteiger partial charge in [0.1, 0.15) is 12.4 Å². The topological polar surface area (TPSA) is 18.0 Å². The molecule has 0 bridgehead atoms. The first-order valence-corrected chi connectivity index (χ1v) is 14.9. The predicted molar refractivity (Wildman–Crippen MR) is 166 cm³/mol. The lowest BCUT2D eigenvalue weighted by Crippen LogP contribution is -2.39. The molecule has 0 fully saturated rings. The zero-order valence-corrected chi connectivity index (χ0v) is 25.7. The summed E-state index contributed by atoms with van der Waals surface area (Å²) in [6, 6.07) is 21.0. The smallest absolute Gasteiger partial charge is 0.244 e. The van der Waals surface area contributed by atoms with Gasteiger partial charge in [-0.2, -0.15) is 0 Å². The fourth-order valence-electron chi connectivity index (χ4n) is 4.76. The van der Waals surface area contributed by atoms with E-state index in [-0.39, 0.29) is 18.6 Å². The van der Waals surface area contributed by atoms with Gasteiger partial charge in [0.05, 0.1) is 13.2 Å². The van der Waals surface area contributed by atoms with Gasteiger partial charge in [-0.25, -0.2) is 9.13 Å². The molecule has 206 valence electrons. The standard InChI is InChI=1S/C31H25Cl6N2O/c32-25-7-1-21(2-8-25)30(22-3-9-26(33)10-4-22)39-16-15-38(20-39)14-13-24-6-12-28(35)18-31(24,37)40-19-23-5-11-27(34)17-29(23)36/h1-12,15-18,20,24,30H,13-14,19H2/q+1. The van der Waals surface area contributed by atoms with Gasteiger partial charge in [0.2, 0.25) is 6.33 Å². The van der Waals surface area contributed by atoms with E-state index < -0.39 is 5.06 Å². The molecule has 3 nitrogen and oxygen atoms in total. The number of nitrogens with zero attached hydrogens (tertiary/aromatic N) is 2. The van der Waals surface area contributed by atoms with Gasteiger partial charge in [0, 0.05) is 42.2 Å². The average Bonchev–Trinajstić information content (AvgIpc) is 3.38. The van der Waals surface area contributed by atoms with E-state index in [0.717, 1.165) is 23.1 Å². The Hall–Kier alpha value is -1.95. The Morgan fingerprint density at radius 2 is 1.48 bits per heavy atom. The lowest BCUT2D eigenvalue weighted by molar-refractivity contribution is -0.697. The quantitative estimate of drug-likeness (QED) is 0.130. The van der Waals surface area contributed by atoms with E-state index >= 15 is 0 Å². The molecule has 1 aliphatic carbocycles. The fraction of sp³-hybridized carbons (Fsp3) is 0.194. The Kier molecular flexibility index (Phi) is 9.54. The summed E-state index contributed by atoms with van der Waals surface area (Å²) < 4.78 is 10.5. The minimum atomic E-state index is -1.12. The Morgan fingerprint density at radius 1 is 0.850 bits per heavy atom. The maximum atomic E-state index is 7.04. The molecule has 0 spiro atoms. The maximum Gasteiger partial charge on any atom is 0.244 e. The van der Waals surface area contributed by atoms with Crippen molar-refractivity contribution in [2.75, 3.05) is 0 Å². The number of imidazole rings is 1. The zero-order chi connectivity index (χ0) is 28.3. The number of ether oxygens (including phenoxy) is 1. The molecule has 0 amide bonds. The minimum Gasteiger partial charge on any atom is -0.351 e. The van der Waals surface area contributed by atoms with Gasteiger partial charge in [-0.1, -0.05) is 106 Å². The normalized spacial score (nSPS) is 18.8. The first-order chi connectivity index (χ1) is 19.2. The van der Waals surface area contributed by atoms with Crippen molar-refractivity contribution in [1.82, 2.24) is 4.57 Å². The van der Waals surface area contributed by atoms with Crippen molar-refractivity contribution in [3.05, 3.63) is 145 Å². The summed E-state index contributed by atoms with van der Waals surface area (Å²) in [5.74, 6) is -0.123. The van der Waals surface area contributed by atoms with Gasteiger partial charge in [-0.05, 0) is 60.5 Å². The van der Waals surface area contributed by atoms with Crippen molar-refractivity contribution in [1.29, 1.82) is 0 Å². The van der Waals surface area contributed by atoms with Crippen LogP contribution >= 0.6 is 69.6 Å². The van der Waals surface area contributed by atoms with Crippen molar-refractivity contribution in [3.8, 4) is 0 Å². The summed E-state index contributed by atoms with van der Waals surface area (Å²) in [5, 5.41) is 1.89. The van der Waals surface area contributed by atoms with Crippen LogP contribution in [0.15, 0.2) is 109 Å². The molecule has 2 unspecified atom stereocenters. The van der Waals surface area contributed by atoms with Gasteiger partial charge in [-0.3, -0.25) is 0 Å². The third kappa shape index (κ3) is 7.09. The van der Waals surface area contributed by atoms with Crippen LogP contribution in [0.1, 0.15) is 29.2 Å². The Balaban J connectivity index is 1.33. The molecule has 4 aromatic rings.